The van der Waals surface area contributed by atoms with Crippen LogP contribution in [0.4, 0.5) is 17.1 Å². The molecule has 0 saturated heterocycles. The van der Waals surface area contributed by atoms with Crippen molar-refractivity contribution in [1.82, 2.24) is 0 Å². The fourth-order valence-electron chi connectivity index (χ4n) is 2.02. The molecule has 0 bridgehead atoms. The predicted octanol–water partition coefficient (Wildman–Crippen LogP) is 1.68. The summed E-state index contributed by atoms with van der Waals surface area (Å²) >= 11 is 0. The average molecular weight is 371 g/mol. The molecule has 0 aliphatic heterocycles. The molecule has 0 aromatic heterocycles. The Bertz CT molecular complexity index is 1010. The first kappa shape index (κ1) is 19.0. The quantitative estimate of drug-likeness (QED) is 0.356. The second-order valence-corrected chi connectivity index (χ2v) is 6.99. The number of nitrogens with one attached hydrogen (secondary N) is 2. The molecule has 0 fully saturated rings. The first-order valence-corrected chi connectivity index (χ1v) is 8.92. The molecule has 2 rings (SSSR count). The summed E-state index contributed by atoms with van der Waals surface area (Å²) in [5, 5.41) is 19.5. The summed E-state index contributed by atoms with van der Waals surface area (Å²) in [5.74, 6) is -0.658. The van der Waals surface area contributed by atoms with Gasteiger partial charge in [-0.25, -0.2) is 13.6 Å². The van der Waals surface area contributed by atoms with Gasteiger partial charge in [0.05, 0.1) is 16.3 Å². The lowest BCUT2D eigenvalue weighted by Gasteiger charge is -2.08. The van der Waals surface area contributed by atoms with Gasteiger partial charge in [-0.05, 0) is 48.9 Å². The second kappa shape index (κ2) is 7.69. The minimum Gasteiger partial charge on any atom is -0.397 e. The van der Waals surface area contributed by atoms with Crippen LogP contribution < -0.4 is 21.5 Å². The molecule has 26 heavy (non-hydrogen) atoms. The Labute approximate surface area is 151 Å². The smallest absolute Gasteiger partial charge is 0.267 e. The van der Waals surface area contributed by atoms with Crippen molar-refractivity contribution < 1.29 is 13.2 Å². The molecular formula is C17H17N5O3S. The molecular weight excluding hydrogens is 354 g/mol. The monoisotopic (exact) mass is 371 g/mol. The van der Waals surface area contributed by atoms with Crippen molar-refractivity contribution >= 4 is 33.0 Å². The van der Waals surface area contributed by atoms with Crippen LogP contribution in [0.2, 0.25) is 0 Å². The third-order valence-electron chi connectivity index (χ3n) is 3.39. The zero-order chi connectivity index (χ0) is 19.3. The molecule has 8 nitrogen and oxygen atoms in total. The molecule has 134 valence electrons. The van der Waals surface area contributed by atoms with E-state index < -0.39 is 15.9 Å². The maximum Gasteiger partial charge on any atom is 0.267 e. The van der Waals surface area contributed by atoms with Gasteiger partial charge < -0.3 is 16.4 Å². The molecule has 0 heterocycles. The molecule has 0 aliphatic carbocycles. The summed E-state index contributed by atoms with van der Waals surface area (Å²) in [5.41, 5.74) is 7.98. The van der Waals surface area contributed by atoms with Crippen LogP contribution in [-0.2, 0) is 14.8 Å². The lowest BCUT2D eigenvalue weighted by molar-refractivity contribution is -0.112. The van der Waals surface area contributed by atoms with Gasteiger partial charge in [-0.3, -0.25) is 4.79 Å². The molecule has 2 aromatic carbocycles. The Morgan fingerprint density at radius 1 is 1.19 bits per heavy atom. The molecule has 0 unspecified atom stereocenters. The molecule has 6 N–H and O–H groups in total. The van der Waals surface area contributed by atoms with Crippen LogP contribution in [0.3, 0.4) is 0 Å². The number of hydrogen-bond acceptors (Lipinski definition) is 6. The Kier molecular flexibility index (Phi) is 5.61. The second-order valence-electron chi connectivity index (χ2n) is 5.43. The van der Waals surface area contributed by atoms with Crippen molar-refractivity contribution in [2.24, 2.45) is 5.14 Å². The van der Waals surface area contributed by atoms with E-state index in [4.69, 9.17) is 10.9 Å². The van der Waals surface area contributed by atoms with Crippen LogP contribution in [0, 0.1) is 18.3 Å². The van der Waals surface area contributed by atoms with Gasteiger partial charge in [0.25, 0.3) is 5.91 Å². The van der Waals surface area contributed by atoms with Crippen molar-refractivity contribution in [2.45, 2.75) is 11.8 Å². The van der Waals surface area contributed by atoms with Gasteiger partial charge in [-0.1, -0.05) is 6.07 Å². The molecule has 0 saturated carbocycles. The fourth-order valence-corrected chi connectivity index (χ4v) is 2.54. The number of anilines is 3. The predicted molar refractivity (Wildman–Crippen MR) is 99.4 cm³/mol. The van der Waals surface area contributed by atoms with Crippen LogP contribution in [-0.4, -0.2) is 14.3 Å². The van der Waals surface area contributed by atoms with Gasteiger partial charge in [0.1, 0.15) is 11.6 Å². The maximum absolute atomic E-state index is 12.2. The van der Waals surface area contributed by atoms with E-state index in [1.807, 2.05) is 13.0 Å². The van der Waals surface area contributed by atoms with E-state index in [0.717, 1.165) is 5.56 Å². The minimum absolute atomic E-state index is 0.0804. The number of amides is 1. The van der Waals surface area contributed by atoms with Gasteiger partial charge in [0.2, 0.25) is 10.0 Å². The highest BCUT2D eigenvalue weighted by molar-refractivity contribution is 7.89. The number of carbonyl (C=O) groups is 1. The van der Waals surface area contributed by atoms with Crippen molar-refractivity contribution in [1.29, 1.82) is 5.26 Å². The Morgan fingerprint density at radius 3 is 2.42 bits per heavy atom. The Morgan fingerprint density at radius 2 is 1.85 bits per heavy atom. The largest absolute Gasteiger partial charge is 0.397 e. The number of nitriles is 1. The number of nitrogens with two attached hydrogens (primary N) is 2. The highest BCUT2D eigenvalue weighted by Crippen LogP contribution is 2.20. The average Bonchev–Trinajstić information content (AvgIpc) is 2.58. The number of nitrogen functional groups attached to an aromatic ring is 1. The summed E-state index contributed by atoms with van der Waals surface area (Å²) < 4.78 is 22.4. The van der Waals surface area contributed by atoms with Gasteiger partial charge >= 0.3 is 0 Å². The number of aryl methyl sites for hydroxylation is 1. The molecule has 2 aromatic rings. The van der Waals surface area contributed by atoms with Crippen molar-refractivity contribution in [2.75, 3.05) is 16.4 Å². The van der Waals surface area contributed by atoms with E-state index in [1.165, 1.54) is 30.5 Å². The highest BCUT2D eigenvalue weighted by Gasteiger charge is 2.11. The highest BCUT2D eigenvalue weighted by atomic mass is 32.2. The zero-order valence-electron chi connectivity index (χ0n) is 13.9. The van der Waals surface area contributed by atoms with E-state index >= 15 is 0 Å². The molecule has 0 atom stereocenters. The van der Waals surface area contributed by atoms with E-state index in [1.54, 1.807) is 18.2 Å². The number of benzene rings is 2. The van der Waals surface area contributed by atoms with E-state index in [9.17, 15) is 18.5 Å². The number of rotatable bonds is 5. The van der Waals surface area contributed by atoms with Crippen molar-refractivity contribution in [3.05, 3.63) is 59.8 Å². The van der Waals surface area contributed by atoms with Gasteiger partial charge in [-0.2, -0.15) is 5.26 Å². The maximum atomic E-state index is 12.2. The number of hydrogen-bond donors (Lipinski definition) is 4. The SMILES string of the molecule is Cc1ccc(N)c(N/C=C(/C#N)C(=O)Nc2ccc(S(N)(=O)=O)cc2)c1. The normalized spacial score (nSPS) is 11.5. The van der Waals surface area contributed by atoms with Crippen LogP contribution in [0.15, 0.2) is 59.1 Å². The fraction of sp³-hybridized carbons (Fsp3) is 0.0588. The van der Waals surface area contributed by atoms with E-state index in [-0.39, 0.29) is 10.5 Å². The standard InChI is InChI=1S/C17H17N5O3S/c1-11-2-7-15(19)16(8-11)21-10-12(9-18)17(23)22-13-3-5-14(6-4-13)26(20,24)25/h2-8,10,21H,19H2,1H3,(H,22,23)(H2,20,24,25)/b12-10-. The number of nitrogens with zero attached hydrogens (tertiary/aromatic N) is 1. The molecule has 0 spiro atoms. The van der Waals surface area contributed by atoms with Gasteiger partial charge in [-0.15, -0.1) is 0 Å². The molecule has 0 radical (unpaired) electrons. The molecule has 1 amide bonds. The van der Waals surface area contributed by atoms with Crippen LogP contribution >= 0.6 is 0 Å². The zero-order valence-corrected chi connectivity index (χ0v) is 14.7. The van der Waals surface area contributed by atoms with Gasteiger partial charge in [0, 0.05) is 11.9 Å². The third-order valence-corrected chi connectivity index (χ3v) is 4.32. The number of primary sulfonamides is 1. The summed E-state index contributed by atoms with van der Waals surface area (Å²) in [6.45, 7) is 1.89. The molecule has 0 aliphatic rings. The summed E-state index contributed by atoms with van der Waals surface area (Å²) in [7, 11) is -3.81. The lowest BCUT2D eigenvalue weighted by Crippen LogP contribution is -2.15. The molecule has 9 heteroatoms. The first-order valence-electron chi connectivity index (χ1n) is 7.38. The van der Waals surface area contributed by atoms with Crippen LogP contribution in [0.25, 0.3) is 0 Å². The summed E-state index contributed by atoms with van der Waals surface area (Å²) in [6, 6.07) is 12.4. The number of carbonyl (C=O) groups excluding carboxylic acids is 1. The van der Waals surface area contributed by atoms with E-state index in [0.29, 0.717) is 17.1 Å². The Hall–Kier alpha value is -3.35. The van der Waals surface area contributed by atoms with Crippen molar-refractivity contribution in [3.63, 3.8) is 0 Å². The lowest BCUT2D eigenvalue weighted by atomic mass is 10.2. The van der Waals surface area contributed by atoms with E-state index in [2.05, 4.69) is 10.6 Å². The van der Waals surface area contributed by atoms with Crippen molar-refractivity contribution in [3.8, 4) is 6.07 Å². The number of sulfonamides is 1. The minimum atomic E-state index is -3.81. The summed E-state index contributed by atoms with van der Waals surface area (Å²) in [4.78, 5) is 12.1. The third kappa shape index (κ3) is 4.83. The van der Waals surface area contributed by atoms with Crippen LogP contribution in [0.1, 0.15) is 5.56 Å². The first-order chi connectivity index (χ1) is 12.2. The Balaban J connectivity index is 2.13. The van der Waals surface area contributed by atoms with Crippen LogP contribution in [0.5, 0.6) is 0 Å². The van der Waals surface area contributed by atoms with Gasteiger partial charge in [0.15, 0.2) is 0 Å². The topological polar surface area (TPSA) is 151 Å². The summed E-state index contributed by atoms with van der Waals surface area (Å²) in [6.07, 6.45) is 1.25.